The molecule has 0 aliphatic carbocycles. The van der Waals surface area contributed by atoms with Gasteiger partial charge in [0, 0.05) is 0 Å². The number of benzene rings is 1. The summed E-state index contributed by atoms with van der Waals surface area (Å²) in [6, 6.07) is 2.17. The van der Waals surface area contributed by atoms with E-state index in [-0.39, 0.29) is 15.8 Å². The fraction of sp³-hybridized carbons (Fsp3) is 0.182. The number of ether oxygens (including phenoxy) is 2. The number of rotatable bonds is 1. The molecule has 108 valence electrons. The summed E-state index contributed by atoms with van der Waals surface area (Å²) in [5.41, 5.74) is -0.323. The molecule has 4 nitrogen and oxygen atoms in total. The number of fused-ring (bicyclic) bond motifs is 1. The van der Waals surface area contributed by atoms with Crippen molar-refractivity contribution in [3.63, 3.8) is 0 Å². The van der Waals surface area contributed by atoms with Crippen LogP contribution in [0.2, 0.25) is 0 Å². The van der Waals surface area contributed by atoms with Crippen LogP contribution in [0.3, 0.4) is 0 Å². The SMILES string of the molecule is O=C(O)OC1=Cc2c(F)ccc(Br)c2OC1C(F)(F)F. The predicted octanol–water partition coefficient (Wildman–Crippen LogP) is 3.95. The van der Waals surface area contributed by atoms with Gasteiger partial charge in [0.2, 0.25) is 0 Å². The van der Waals surface area contributed by atoms with Crippen molar-refractivity contribution in [3.05, 3.63) is 33.7 Å². The van der Waals surface area contributed by atoms with Crippen molar-refractivity contribution in [1.82, 2.24) is 0 Å². The molecule has 20 heavy (non-hydrogen) atoms. The van der Waals surface area contributed by atoms with Crippen LogP contribution in [0.1, 0.15) is 5.56 Å². The van der Waals surface area contributed by atoms with Crippen LogP contribution in [0.5, 0.6) is 5.75 Å². The lowest BCUT2D eigenvalue weighted by atomic mass is 10.1. The Morgan fingerprint density at radius 3 is 2.60 bits per heavy atom. The highest BCUT2D eigenvalue weighted by atomic mass is 79.9. The van der Waals surface area contributed by atoms with Crippen LogP contribution in [0.25, 0.3) is 6.08 Å². The maximum absolute atomic E-state index is 13.6. The zero-order valence-electron chi connectivity index (χ0n) is 9.37. The Morgan fingerprint density at radius 2 is 2.05 bits per heavy atom. The van der Waals surface area contributed by atoms with Crippen LogP contribution in [-0.4, -0.2) is 23.5 Å². The number of carboxylic acid groups (broad SMARTS) is 1. The summed E-state index contributed by atoms with van der Waals surface area (Å²) in [6.45, 7) is 0. The smallest absolute Gasteiger partial charge is 0.471 e. The molecule has 1 aromatic rings. The molecule has 0 amide bonds. The van der Waals surface area contributed by atoms with Gasteiger partial charge in [-0.05, 0) is 34.1 Å². The Morgan fingerprint density at radius 1 is 1.40 bits per heavy atom. The predicted molar refractivity (Wildman–Crippen MR) is 61.7 cm³/mol. The van der Waals surface area contributed by atoms with E-state index in [4.69, 9.17) is 5.11 Å². The second-order valence-corrected chi connectivity index (χ2v) is 4.58. The first kappa shape index (κ1) is 14.6. The van der Waals surface area contributed by atoms with Crippen LogP contribution in [0.4, 0.5) is 22.4 Å². The molecule has 0 fully saturated rings. The van der Waals surface area contributed by atoms with Crippen LogP contribution in [-0.2, 0) is 4.74 Å². The summed E-state index contributed by atoms with van der Waals surface area (Å²) in [5, 5.41) is 8.43. The highest BCUT2D eigenvalue weighted by Gasteiger charge is 2.48. The van der Waals surface area contributed by atoms with E-state index in [9.17, 15) is 22.4 Å². The third kappa shape index (κ3) is 2.72. The molecule has 0 radical (unpaired) electrons. The van der Waals surface area contributed by atoms with Gasteiger partial charge < -0.3 is 14.6 Å². The van der Waals surface area contributed by atoms with E-state index in [1.807, 2.05) is 0 Å². The van der Waals surface area contributed by atoms with Gasteiger partial charge in [0.05, 0.1) is 10.0 Å². The van der Waals surface area contributed by atoms with Crippen molar-refractivity contribution < 1.29 is 36.9 Å². The lowest BCUT2D eigenvalue weighted by Gasteiger charge is -2.28. The summed E-state index contributed by atoms with van der Waals surface area (Å²) in [6.07, 6.45) is -8.83. The minimum atomic E-state index is -4.91. The molecule has 0 aromatic heterocycles. The molecule has 0 bridgehead atoms. The zero-order chi connectivity index (χ0) is 15.1. The van der Waals surface area contributed by atoms with Crippen molar-refractivity contribution in [2.24, 2.45) is 0 Å². The number of carbonyl (C=O) groups is 1. The summed E-state index contributed by atoms with van der Waals surface area (Å²) < 4.78 is 60.8. The van der Waals surface area contributed by atoms with E-state index >= 15 is 0 Å². The molecular weight excluding hydrogens is 352 g/mol. The molecule has 1 heterocycles. The van der Waals surface area contributed by atoms with Crippen molar-refractivity contribution in [2.75, 3.05) is 0 Å². The van der Waals surface area contributed by atoms with Gasteiger partial charge in [0.25, 0.3) is 6.10 Å². The minimum absolute atomic E-state index is 0.105. The van der Waals surface area contributed by atoms with Crippen LogP contribution in [0, 0.1) is 5.82 Å². The second-order valence-electron chi connectivity index (χ2n) is 3.73. The number of alkyl halides is 3. The first-order valence-corrected chi connectivity index (χ1v) is 5.83. The van der Waals surface area contributed by atoms with Crippen LogP contribution in [0.15, 0.2) is 22.4 Å². The van der Waals surface area contributed by atoms with E-state index in [2.05, 4.69) is 25.4 Å². The molecule has 0 spiro atoms. The van der Waals surface area contributed by atoms with E-state index in [1.54, 1.807) is 0 Å². The largest absolute Gasteiger partial charge is 0.511 e. The highest BCUT2D eigenvalue weighted by molar-refractivity contribution is 9.10. The van der Waals surface area contributed by atoms with Crippen LogP contribution >= 0.6 is 15.9 Å². The van der Waals surface area contributed by atoms with Crippen LogP contribution < -0.4 is 4.74 Å². The van der Waals surface area contributed by atoms with Gasteiger partial charge in [-0.25, -0.2) is 9.18 Å². The van der Waals surface area contributed by atoms with Gasteiger partial charge in [0.15, 0.2) is 5.76 Å². The number of hydrogen-bond donors (Lipinski definition) is 1. The van der Waals surface area contributed by atoms with Crippen molar-refractivity contribution >= 4 is 28.2 Å². The molecule has 9 heteroatoms. The van der Waals surface area contributed by atoms with Crippen molar-refractivity contribution in [3.8, 4) is 5.75 Å². The normalized spacial score (nSPS) is 17.9. The maximum atomic E-state index is 13.6. The molecular formula is C11H5BrF4O4. The quantitative estimate of drug-likeness (QED) is 0.611. The topological polar surface area (TPSA) is 55.8 Å². The molecule has 1 unspecified atom stereocenters. The minimum Gasteiger partial charge on any atom is -0.471 e. The van der Waals surface area contributed by atoms with Gasteiger partial charge in [-0.3, -0.25) is 0 Å². The molecule has 0 saturated carbocycles. The van der Waals surface area contributed by atoms with Gasteiger partial charge in [0.1, 0.15) is 11.6 Å². The summed E-state index contributed by atoms with van der Waals surface area (Å²) in [7, 11) is 0. The Labute approximate surface area is 117 Å². The first-order valence-electron chi connectivity index (χ1n) is 5.04. The molecule has 0 saturated heterocycles. The monoisotopic (exact) mass is 356 g/mol. The Balaban J connectivity index is 2.56. The molecule has 1 aliphatic heterocycles. The highest BCUT2D eigenvalue weighted by Crippen LogP contribution is 2.42. The van der Waals surface area contributed by atoms with E-state index in [1.165, 1.54) is 6.07 Å². The Hall–Kier alpha value is -1.77. The zero-order valence-corrected chi connectivity index (χ0v) is 11.0. The van der Waals surface area contributed by atoms with E-state index in [0.717, 1.165) is 6.07 Å². The molecule has 1 atom stereocenters. The average Bonchev–Trinajstić information content (AvgIpc) is 2.31. The molecule has 1 N–H and O–H groups in total. The van der Waals surface area contributed by atoms with Crippen molar-refractivity contribution in [1.29, 1.82) is 0 Å². The second kappa shape index (κ2) is 4.97. The van der Waals surface area contributed by atoms with E-state index in [0.29, 0.717) is 6.08 Å². The third-order valence-electron chi connectivity index (χ3n) is 2.38. The average molecular weight is 357 g/mol. The Kier molecular flexibility index (Phi) is 3.63. The van der Waals surface area contributed by atoms with Gasteiger partial charge in [-0.1, -0.05) is 0 Å². The number of hydrogen-bond acceptors (Lipinski definition) is 3. The fourth-order valence-electron chi connectivity index (χ4n) is 1.61. The lowest BCUT2D eigenvalue weighted by molar-refractivity contribution is -0.192. The lowest BCUT2D eigenvalue weighted by Crippen LogP contribution is -2.39. The summed E-state index contributed by atoms with van der Waals surface area (Å²) >= 11 is 2.94. The van der Waals surface area contributed by atoms with Crippen molar-refractivity contribution in [2.45, 2.75) is 12.3 Å². The van der Waals surface area contributed by atoms with E-state index < -0.39 is 30.0 Å². The summed E-state index contributed by atoms with van der Waals surface area (Å²) in [5.74, 6) is -2.28. The standard InChI is InChI=1S/C11H5BrF4O4/c12-5-1-2-6(13)4-3-7(19-10(17)18)9(11(14,15)16)20-8(4)5/h1-3,9H,(H,17,18). The maximum Gasteiger partial charge on any atom is 0.511 e. The van der Waals surface area contributed by atoms with Gasteiger partial charge >= 0.3 is 12.3 Å². The molecule has 1 aliphatic rings. The first-order chi connectivity index (χ1) is 9.20. The molecule has 2 rings (SSSR count). The number of halogens is 5. The fourth-order valence-corrected chi connectivity index (χ4v) is 2.05. The summed E-state index contributed by atoms with van der Waals surface area (Å²) in [4.78, 5) is 10.4. The van der Waals surface area contributed by atoms with Gasteiger partial charge in [-0.2, -0.15) is 13.2 Å². The third-order valence-corrected chi connectivity index (χ3v) is 3.00. The van der Waals surface area contributed by atoms with Gasteiger partial charge in [-0.15, -0.1) is 0 Å². The Bertz CT molecular complexity index is 597. The molecule has 1 aromatic carbocycles.